The average molecular weight is 361 g/mol. The Morgan fingerprint density at radius 2 is 1.56 bits per heavy atom. The molecule has 2 rings (SSSR count). The minimum Gasteiger partial charge on any atom is -0.330 e. The molecule has 6 heteroatoms. The first kappa shape index (κ1) is 20.1. The topological polar surface area (TPSA) is 106 Å². The fourth-order valence-electron chi connectivity index (χ4n) is 2.67. The highest BCUT2D eigenvalue weighted by molar-refractivity contribution is 5.92. The first-order valence-electron chi connectivity index (χ1n) is 8.86. The van der Waals surface area contributed by atoms with Crippen molar-refractivity contribution in [3.8, 4) is 12.1 Å². The summed E-state index contributed by atoms with van der Waals surface area (Å²) in [5.41, 5.74) is 8.46. The van der Waals surface area contributed by atoms with E-state index in [0.29, 0.717) is 29.9 Å². The molecular weight excluding hydrogens is 338 g/mol. The highest BCUT2D eigenvalue weighted by atomic mass is 16.2. The van der Waals surface area contributed by atoms with Crippen molar-refractivity contribution in [2.24, 2.45) is 5.73 Å². The SMILES string of the molecule is N#Cc1ccc(CN(CCCCN)CC(=O)Nc2ccc(C#N)cc2)cc1. The minimum absolute atomic E-state index is 0.110. The van der Waals surface area contributed by atoms with Crippen LogP contribution in [0, 0.1) is 22.7 Å². The molecule has 0 bridgehead atoms. The first-order valence-corrected chi connectivity index (χ1v) is 8.86. The van der Waals surface area contributed by atoms with Crippen LogP contribution in [0.25, 0.3) is 0 Å². The maximum absolute atomic E-state index is 12.4. The van der Waals surface area contributed by atoms with Gasteiger partial charge in [-0.25, -0.2) is 0 Å². The summed E-state index contributed by atoms with van der Waals surface area (Å²) in [7, 11) is 0. The third kappa shape index (κ3) is 6.91. The van der Waals surface area contributed by atoms with Crippen LogP contribution in [0.1, 0.15) is 29.5 Å². The number of hydrogen-bond acceptors (Lipinski definition) is 5. The van der Waals surface area contributed by atoms with Gasteiger partial charge in [-0.05, 0) is 67.9 Å². The Labute approximate surface area is 159 Å². The fraction of sp³-hybridized carbons (Fsp3) is 0.286. The molecule has 1 amide bonds. The summed E-state index contributed by atoms with van der Waals surface area (Å²) in [5.74, 6) is -0.110. The first-order chi connectivity index (χ1) is 13.1. The number of nitrogens with zero attached hydrogens (tertiary/aromatic N) is 3. The van der Waals surface area contributed by atoms with Crippen molar-refractivity contribution in [1.29, 1.82) is 10.5 Å². The van der Waals surface area contributed by atoms with Gasteiger partial charge in [0.25, 0.3) is 0 Å². The van der Waals surface area contributed by atoms with Crippen LogP contribution in [0.4, 0.5) is 5.69 Å². The lowest BCUT2D eigenvalue weighted by atomic mass is 10.1. The van der Waals surface area contributed by atoms with Crippen molar-refractivity contribution < 1.29 is 4.79 Å². The Kier molecular flexibility index (Phi) is 7.99. The smallest absolute Gasteiger partial charge is 0.238 e. The van der Waals surface area contributed by atoms with E-state index in [9.17, 15) is 4.79 Å². The predicted octanol–water partition coefficient (Wildman–Crippen LogP) is 2.61. The van der Waals surface area contributed by atoms with E-state index in [1.54, 1.807) is 36.4 Å². The van der Waals surface area contributed by atoms with Gasteiger partial charge in [-0.3, -0.25) is 9.69 Å². The molecule has 0 aliphatic carbocycles. The minimum atomic E-state index is -0.110. The number of benzene rings is 2. The molecule has 3 N–H and O–H groups in total. The number of hydrogen-bond donors (Lipinski definition) is 2. The summed E-state index contributed by atoms with van der Waals surface area (Å²) in [4.78, 5) is 14.5. The van der Waals surface area contributed by atoms with Gasteiger partial charge in [-0.15, -0.1) is 0 Å². The third-order valence-electron chi connectivity index (χ3n) is 4.08. The van der Waals surface area contributed by atoms with Crippen molar-refractivity contribution in [2.75, 3.05) is 25.0 Å². The second-order valence-corrected chi connectivity index (χ2v) is 6.25. The maximum Gasteiger partial charge on any atom is 0.238 e. The number of rotatable bonds is 9. The third-order valence-corrected chi connectivity index (χ3v) is 4.08. The number of nitriles is 2. The zero-order valence-electron chi connectivity index (χ0n) is 15.2. The van der Waals surface area contributed by atoms with E-state index in [2.05, 4.69) is 22.4 Å². The lowest BCUT2D eigenvalue weighted by Gasteiger charge is -2.22. The molecule has 0 saturated heterocycles. The van der Waals surface area contributed by atoms with Crippen molar-refractivity contribution in [3.05, 3.63) is 65.2 Å². The Hall–Kier alpha value is -3.19. The molecule has 0 atom stereocenters. The summed E-state index contributed by atoms with van der Waals surface area (Å²) in [6.45, 7) is 2.27. The van der Waals surface area contributed by atoms with Crippen LogP contribution in [0.3, 0.4) is 0 Å². The second kappa shape index (κ2) is 10.7. The predicted molar refractivity (Wildman–Crippen MR) is 105 cm³/mol. The van der Waals surface area contributed by atoms with Crippen LogP contribution in [-0.4, -0.2) is 30.4 Å². The van der Waals surface area contributed by atoms with E-state index in [1.807, 2.05) is 12.1 Å². The molecular formula is C21H23N5O. The Bertz CT molecular complexity index is 816. The molecule has 2 aromatic rings. The van der Waals surface area contributed by atoms with E-state index in [4.69, 9.17) is 16.3 Å². The average Bonchev–Trinajstić information content (AvgIpc) is 2.69. The largest absolute Gasteiger partial charge is 0.330 e. The van der Waals surface area contributed by atoms with Gasteiger partial charge in [-0.2, -0.15) is 10.5 Å². The normalized spacial score (nSPS) is 10.2. The van der Waals surface area contributed by atoms with Crippen LogP contribution >= 0.6 is 0 Å². The highest BCUT2D eigenvalue weighted by Gasteiger charge is 2.12. The van der Waals surface area contributed by atoms with Crippen molar-refractivity contribution in [2.45, 2.75) is 19.4 Å². The van der Waals surface area contributed by atoms with Crippen LogP contribution in [-0.2, 0) is 11.3 Å². The molecule has 2 aromatic carbocycles. The number of carbonyl (C=O) groups excluding carboxylic acids is 1. The van der Waals surface area contributed by atoms with E-state index < -0.39 is 0 Å². The number of nitrogens with two attached hydrogens (primary N) is 1. The van der Waals surface area contributed by atoms with Crippen LogP contribution in [0.2, 0.25) is 0 Å². The summed E-state index contributed by atoms with van der Waals surface area (Å²) in [6.07, 6.45) is 1.82. The van der Waals surface area contributed by atoms with E-state index >= 15 is 0 Å². The molecule has 0 fully saturated rings. The van der Waals surface area contributed by atoms with Gasteiger partial charge in [0.1, 0.15) is 0 Å². The number of amides is 1. The van der Waals surface area contributed by atoms with Gasteiger partial charge in [0.05, 0.1) is 29.8 Å². The molecule has 6 nitrogen and oxygen atoms in total. The molecule has 0 aromatic heterocycles. The molecule has 0 radical (unpaired) electrons. The van der Waals surface area contributed by atoms with Gasteiger partial charge in [0.15, 0.2) is 0 Å². The monoisotopic (exact) mass is 361 g/mol. The lowest BCUT2D eigenvalue weighted by Crippen LogP contribution is -2.33. The Balaban J connectivity index is 1.97. The molecule has 0 unspecified atom stereocenters. The molecule has 138 valence electrons. The van der Waals surface area contributed by atoms with E-state index in [-0.39, 0.29) is 12.5 Å². The summed E-state index contributed by atoms with van der Waals surface area (Å²) >= 11 is 0. The number of anilines is 1. The number of unbranched alkanes of at least 4 members (excludes halogenated alkanes) is 1. The second-order valence-electron chi connectivity index (χ2n) is 6.25. The molecule has 0 aliphatic rings. The quantitative estimate of drug-likeness (QED) is 0.668. The standard InChI is InChI=1S/C21H23N5O/c22-11-1-2-12-26(15-19-5-3-17(13-23)4-6-19)16-21(27)25-20-9-7-18(14-24)8-10-20/h3-10H,1-2,11-12,15-16,22H2,(H,25,27). The van der Waals surface area contributed by atoms with Gasteiger partial charge in [0, 0.05) is 12.2 Å². The zero-order chi connectivity index (χ0) is 19.5. The van der Waals surface area contributed by atoms with Gasteiger partial charge in [0.2, 0.25) is 5.91 Å². The van der Waals surface area contributed by atoms with Crippen molar-refractivity contribution in [3.63, 3.8) is 0 Å². The lowest BCUT2D eigenvalue weighted by molar-refractivity contribution is -0.117. The number of carbonyl (C=O) groups is 1. The number of nitrogens with one attached hydrogen (secondary N) is 1. The van der Waals surface area contributed by atoms with Gasteiger partial charge >= 0.3 is 0 Å². The highest BCUT2D eigenvalue weighted by Crippen LogP contribution is 2.11. The van der Waals surface area contributed by atoms with Gasteiger partial charge < -0.3 is 11.1 Å². The van der Waals surface area contributed by atoms with Crippen LogP contribution < -0.4 is 11.1 Å². The Morgan fingerprint density at radius 3 is 2.11 bits per heavy atom. The zero-order valence-corrected chi connectivity index (χ0v) is 15.2. The van der Waals surface area contributed by atoms with Crippen molar-refractivity contribution in [1.82, 2.24) is 4.90 Å². The summed E-state index contributed by atoms with van der Waals surface area (Å²) in [5, 5.41) is 20.6. The molecule has 0 heterocycles. The molecule has 0 saturated carbocycles. The van der Waals surface area contributed by atoms with Crippen LogP contribution in [0.5, 0.6) is 0 Å². The molecule has 27 heavy (non-hydrogen) atoms. The van der Waals surface area contributed by atoms with Gasteiger partial charge in [-0.1, -0.05) is 12.1 Å². The summed E-state index contributed by atoms with van der Waals surface area (Å²) < 4.78 is 0. The van der Waals surface area contributed by atoms with Crippen LogP contribution in [0.15, 0.2) is 48.5 Å². The maximum atomic E-state index is 12.4. The fourth-order valence-corrected chi connectivity index (χ4v) is 2.67. The van der Waals surface area contributed by atoms with Crippen molar-refractivity contribution >= 4 is 11.6 Å². The van der Waals surface area contributed by atoms with E-state index in [0.717, 1.165) is 24.9 Å². The Morgan fingerprint density at radius 1 is 0.963 bits per heavy atom. The molecule has 0 aliphatic heterocycles. The summed E-state index contributed by atoms with van der Waals surface area (Å²) in [6, 6.07) is 18.3. The van der Waals surface area contributed by atoms with E-state index in [1.165, 1.54) is 0 Å². The molecule has 0 spiro atoms.